The van der Waals surface area contributed by atoms with E-state index in [1.807, 2.05) is 86.6 Å². The third kappa shape index (κ3) is 5.18. The van der Waals surface area contributed by atoms with Crippen LogP contribution in [0.5, 0.6) is 0 Å². The highest BCUT2D eigenvalue weighted by Gasteiger charge is 2.23. The molecule has 162 valence electrons. The third-order valence-electron chi connectivity index (χ3n) is 4.87. The molecule has 0 radical (unpaired) electrons. The fraction of sp³-hybridized carbons (Fsp3) is 0.160. The first-order valence-electron chi connectivity index (χ1n) is 10.2. The van der Waals surface area contributed by atoms with Gasteiger partial charge in [0.2, 0.25) is 11.8 Å². The predicted molar refractivity (Wildman–Crippen MR) is 135 cm³/mol. The lowest BCUT2D eigenvalue weighted by Crippen LogP contribution is -2.29. The quantitative estimate of drug-likeness (QED) is 0.369. The van der Waals surface area contributed by atoms with Gasteiger partial charge in [0, 0.05) is 5.69 Å². The zero-order valence-electron chi connectivity index (χ0n) is 17.9. The SMILES string of the molecule is Cc1ccc(NC(=O)CSCC(=O)N(c2nc3ccccc3s2)c2ccccc2C)cc1. The average molecular weight is 462 g/mol. The van der Waals surface area contributed by atoms with Crippen molar-refractivity contribution in [2.75, 3.05) is 21.7 Å². The number of amides is 2. The maximum Gasteiger partial charge on any atom is 0.243 e. The summed E-state index contributed by atoms with van der Waals surface area (Å²) in [4.78, 5) is 31.9. The summed E-state index contributed by atoms with van der Waals surface area (Å²) in [6.45, 7) is 3.98. The Hall–Kier alpha value is -3.16. The molecule has 0 atom stereocenters. The van der Waals surface area contributed by atoms with Gasteiger partial charge in [0.05, 0.1) is 27.4 Å². The van der Waals surface area contributed by atoms with E-state index in [-0.39, 0.29) is 23.3 Å². The van der Waals surface area contributed by atoms with Gasteiger partial charge in [0.1, 0.15) is 0 Å². The third-order valence-corrected chi connectivity index (χ3v) is 6.81. The number of carbonyl (C=O) groups excluding carboxylic acids is 2. The minimum Gasteiger partial charge on any atom is -0.325 e. The van der Waals surface area contributed by atoms with Crippen molar-refractivity contribution in [2.45, 2.75) is 13.8 Å². The van der Waals surface area contributed by atoms with E-state index in [0.717, 1.165) is 32.7 Å². The van der Waals surface area contributed by atoms with E-state index in [0.29, 0.717) is 5.13 Å². The molecule has 1 N–H and O–H groups in total. The lowest BCUT2D eigenvalue weighted by Gasteiger charge is -2.21. The minimum absolute atomic E-state index is 0.105. The topological polar surface area (TPSA) is 62.3 Å². The number of nitrogens with one attached hydrogen (secondary N) is 1. The van der Waals surface area contributed by atoms with Crippen LogP contribution in [0.15, 0.2) is 72.8 Å². The number of nitrogens with zero attached hydrogens (tertiary/aromatic N) is 2. The molecule has 0 fully saturated rings. The van der Waals surface area contributed by atoms with Gasteiger partial charge in [-0.2, -0.15) is 0 Å². The molecule has 5 nitrogen and oxygen atoms in total. The smallest absolute Gasteiger partial charge is 0.243 e. The summed E-state index contributed by atoms with van der Waals surface area (Å²) >= 11 is 2.78. The van der Waals surface area contributed by atoms with Crippen molar-refractivity contribution in [2.24, 2.45) is 0 Å². The molecule has 0 aliphatic carbocycles. The van der Waals surface area contributed by atoms with E-state index in [1.165, 1.54) is 23.1 Å². The Morgan fingerprint density at radius 2 is 1.66 bits per heavy atom. The number of thiazole rings is 1. The molecule has 0 unspecified atom stereocenters. The molecule has 0 saturated carbocycles. The van der Waals surface area contributed by atoms with Gasteiger partial charge in [-0.15, -0.1) is 11.8 Å². The molecule has 1 heterocycles. The Bertz CT molecular complexity index is 1220. The van der Waals surface area contributed by atoms with Gasteiger partial charge in [-0.3, -0.25) is 14.5 Å². The van der Waals surface area contributed by atoms with Crippen LogP contribution >= 0.6 is 23.1 Å². The first-order valence-corrected chi connectivity index (χ1v) is 12.2. The number of fused-ring (bicyclic) bond motifs is 1. The van der Waals surface area contributed by atoms with Crippen molar-refractivity contribution in [1.82, 2.24) is 4.98 Å². The van der Waals surface area contributed by atoms with Crippen LogP contribution < -0.4 is 10.2 Å². The summed E-state index contributed by atoms with van der Waals surface area (Å²) in [5, 5.41) is 3.50. The summed E-state index contributed by atoms with van der Waals surface area (Å²) < 4.78 is 1.03. The summed E-state index contributed by atoms with van der Waals surface area (Å²) in [7, 11) is 0. The molecule has 4 rings (SSSR count). The van der Waals surface area contributed by atoms with Crippen molar-refractivity contribution in [3.63, 3.8) is 0 Å². The maximum absolute atomic E-state index is 13.3. The molecule has 0 aliphatic rings. The number of rotatable bonds is 7. The number of thioether (sulfide) groups is 1. The number of aryl methyl sites for hydroxylation is 2. The second kappa shape index (κ2) is 9.97. The van der Waals surface area contributed by atoms with Crippen molar-refractivity contribution in [3.05, 3.63) is 83.9 Å². The number of hydrogen-bond donors (Lipinski definition) is 1. The van der Waals surface area contributed by atoms with Crippen LogP contribution in [0.4, 0.5) is 16.5 Å². The average Bonchev–Trinajstić information content (AvgIpc) is 3.20. The van der Waals surface area contributed by atoms with Crippen LogP contribution in [-0.4, -0.2) is 28.3 Å². The van der Waals surface area contributed by atoms with Crippen molar-refractivity contribution in [1.29, 1.82) is 0 Å². The molecular formula is C25H23N3O2S2. The van der Waals surface area contributed by atoms with Crippen molar-refractivity contribution < 1.29 is 9.59 Å². The summed E-state index contributed by atoms with van der Waals surface area (Å²) in [6, 6.07) is 23.3. The number of carbonyl (C=O) groups is 2. The molecule has 3 aromatic carbocycles. The predicted octanol–water partition coefficient (Wildman–Crippen LogP) is 5.95. The van der Waals surface area contributed by atoms with Crippen molar-refractivity contribution in [3.8, 4) is 0 Å². The van der Waals surface area contributed by atoms with E-state index >= 15 is 0 Å². The van der Waals surface area contributed by atoms with Crippen LogP contribution in [0.25, 0.3) is 10.2 Å². The highest BCUT2D eigenvalue weighted by Crippen LogP contribution is 2.35. The number of aromatic nitrogens is 1. The van der Waals surface area contributed by atoms with Gasteiger partial charge >= 0.3 is 0 Å². The molecule has 2 amide bonds. The second-order valence-electron chi connectivity index (χ2n) is 7.39. The van der Waals surface area contributed by atoms with E-state index in [4.69, 9.17) is 4.98 Å². The first kappa shape index (κ1) is 22.0. The highest BCUT2D eigenvalue weighted by atomic mass is 32.2. The van der Waals surface area contributed by atoms with Gasteiger partial charge in [-0.25, -0.2) is 4.98 Å². The van der Waals surface area contributed by atoms with Gasteiger partial charge in [-0.05, 0) is 49.7 Å². The van der Waals surface area contributed by atoms with Crippen LogP contribution in [-0.2, 0) is 9.59 Å². The van der Waals surface area contributed by atoms with Crippen LogP contribution in [0, 0.1) is 13.8 Å². The number of hydrogen-bond acceptors (Lipinski definition) is 5. The van der Waals surface area contributed by atoms with Crippen LogP contribution in [0.3, 0.4) is 0 Å². The molecule has 32 heavy (non-hydrogen) atoms. The maximum atomic E-state index is 13.3. The van der Waals surface area contributed by atoms with E-state index in [9.17, 15) is 9.59 Å². The molecule has 1 aromatic heterocycles. The lowest BCUT2D eigenvalue weighted by atomic mass is 10.2. The van der Waals surface area contributed by atoms with E-state index in [1.54, 1.807) is 4.90 Å². The van der Waals surface area contributed by atoms with E-state index < -0.39 is 0 Å². The second-order valence-corrected chi connectivity index (χ2v) is 9.38. The van der Waals surface area contributed by atoms with Crippen LogP contribution in [0.1, 0.15) is 11.1 Å². The minimum atomic E-state index is -0.130. The Balaban J connectivity index is 1.47. The number of anilines is 3. The largest absolute Gasteiger partial charge is 0.325 e. The Morgan fingerprint density at radius 1 is 0.938 bits per heavy atom. The molecule has 0 bridgehead atoms. The summed E-state index contributed by atoms with van der Waals surface area (Å²) in [6.07, 6.45) is 0. The van der Waals surface area contributed by atoms with Gasteiger partial charge < -0.3 is 5.32 Å². The van der Waals surface area contributed by atoms with Gasteiger partial charge in [0.15, 0.2) is 5.13 Å². The molecule has 0 saturated heterocycles. The monoisotopic (exact) mass is 461 g/mol. The molecule has 7 heteroatoms. The fourth-order valence-corrected chi connectivity index (χ4v) is 4.90. The summed E-state index contributed by atoms with van der Waals surface area (Å²) in [5.41, 5.74) is 4.55. The Kier molecular flexibility index (Phi) is 6.87. The Labute approximate surface area is 195 Å². The van der Waals surface area contributed by atoms with E-state index in [2.05, 4.69) is 5.32 Å². The lowest BCUT2D eigenvalue weighted by molar-refractivity contribution is -0.115. The number of benzene rings is 3. The highest BCUT2D eigenvalue weighted by molar-refractivity contribution is 8.00. The van der Waals surface area contributed by atoms with Crippen molar-refractivity contribution >= 4 is 61.6 Å². The molecule has 4 aromatic rings. The normalized spacial score (nSPS) is 10.8. The Morgan fingerprint density at radius 3 is 2.41 bits per heavy atom. The zero-order valence-corrected chi connectivity index (χ0v) is 19.5. The van der Waals surface area contributed by atoms with Gasteiger partial charge in [-0.1, -0.05) is 59.4 Å². The first-order chi connectivity index (χ1) is 15.5. The molecule has 0 spiro atoms. The fourth-order valence-electron chi connectivity index (χ4n) is 3.24. The summed E-state index contributed by atoms with van der Waals surface area (Å²) in [5.74, 6) is 0.132. The number of para-hydroxylation sites is 2. The van der Waals surface area contributed by atoms with Crippen LogP contribution in [0.2, 0.25) is 0 Å². The standard InChI is InChI=1S/C25H23N3O2S2/c1-17-11-13-19(14-12-17)26-23(29)15-31-16-24(30)28(21-9-5-3-7-18(21)2)25-27-20-8-4-6-10-22(20)32-25/h3-14H,15-16H2,1-2H3,(H,26,29). The van der Waals surface area contributed by atoms with Gasteiger partial charge in [0.25, 0.3) is 0 Å². The molecular weight excluding hydrogens is 438 g/mol. The zero-order chi connectivity index (χ0) is 22.5. The molecule has 0 aliphatic heterocycles.